The van der Waals surface area contributed by atoms with Gasteiger partial charge in [-0.15, -0.1) is 4.43 Å². The number of halogens is 1. The van der Waals surface area contributed by atoms with Gasteiger partial charge in [-0.05, 0) is 35.6 Å². The highest BCUT2D eigenvalue weighted by Gasteiger charge is 2.04. The Bertz CT molecular complexity index is 436. The molecule has 0 unspecified atom stereocenters. The third-order valence-electron chi connectivity index (χ3n) is 1.88. The van der Waals surface area contributed by atoms with Crippen LogP contribution < -0.4 is 4.43 Å². The summed E-state index contributed by atoms with van der Waals surface area (Å²) in [6, 6.07) is 4.31. The second-order valence-corrected chi connectivity index (χ2v) is 5.17. The average molecular weight is 286 g/mol. The first kappa shape index (κ1) is 8.55. The zero-order valence-corrected chi connectivity index (χ0v) is 11.2. The summed E-state index contributed by atoms with van der Waals surface area (Å²) in [5.41, 5.74) is 2.33. The van der Waals surface area contributed by atoms with E-state index in [-0.39, 0.29) is 0 Å². The van der Waals surface area contributed by atoms with Gasteiger partial charge in [-0.3, -0.25) is 0 Å². The Labute approximate surface area is 92.5 Å². The van der Waals surface area contributed by atoms with Crippen LogP contribution >= 0.6 is 22.6 Å². The van der Waals surface area contributed by atoms with Crippen LogP contribution in [0.5, 0.6) is 0 Å². The van der Waals surface area contributed by atoms with Gasteiger partial charge in [0.25, 0.3) is 16.3 Å². The molecule has 2 nitrogen and oxygen atoms in total. The number of hydrogen-bond acceptors (Lipinski definition) is 1. The molecule has 4 heteroatoms. The number of rotatable bonds is 0. The second kappa shape index (κ2) is 3.02. The van der Waals surface area contributed by atoms with Crippen LogP contribution in [-0.4, -0.2) is 25.9 Å². The third kappa shape index (κ3) is 1.28. The molecule has 0 saturated carbocycles. The van der Waals surface area contributed by atoms with E-state index in [1.807, 2.05) is 11.4 Å². The minimum Gasteiger partial charge on any atom is -0.241 e. The van der Waals surface area contributed by atoms with E-state index in [0.29, 0.717) is 0 Å². The smallest absolute Gasteiger partial charge is 0.241 e. The lowest BCUT2D eigenvalue weighted by Crippen LogP contribution is -2.04. The maximum absolute atomic E-state index is 4.40. The largest absolute Gasteiger partial charge is 0.261 e. The first-order valence-corrected chi connectivity index (χ1v) is 5.87. The number of pyridine rings is 1. The molecule has 12 heavy (non-hydrogen) atoms. The summed E-state index contributed by atoms with van der Waals surface area (Å²) < 4.78 is 4.61. The first-order valence-electron chi connectivity index (χ1n) is 3.79. The molecule has 2 rings (SSSR count). The number of nitrogens with zero attached hydrogens (tertiary/aromatic N) is 2. The molecule has 2 aromatic rings. The van der Waals surface area contributed by atoms with Crippen LogP contribution in [0.25, 0.3) is 5.52 Å². The number of fused-ring (bicyclic) bond motifs is 1. The van der Waals surface area contributed by atoms with Crippen LogP contribution in [0.1, 0.15) is 5.69 Å². The fourth-order valence-electron chi connectivity index (χ4n) is 1.24. The fourth-order valence-corrected chi connectivity index (χ4v) is 2.19. The molecule has 0 amide bonds. The standard InChI is InChI=1S/C8H6IN2.Al.2H/c1-6-8(9)7-4-2-3-5-11(7)10-6;;;/h2,4-5H,1H3;;;. The Hall–Kier alpha value is -0.0475. The quantitative estimate of drug-likeness (QED) is 0.509. The van der Waals surface area contributed by atoms with Gasteiger partial charge in [0.15, 0.2) is 0 Å². The van der Waals surface area contributed by atoms with Gasteiger partial charge >= 0.3 is 0 Å². The van der Waals surface area contributed by atoms with E-state index >= 15 is 0 Å². The number of aryl methyl sites for hydroxylation is 1. The molecule has 2 heterocycles. The zero-order chi connectivity index (χ0) is 8.72. The van der Waals surface area contributed by atoms with E-state index in [9.17, 15) is 0 Å². The molecule has 0 aliphatic carbocycles. The minimum absolute atomic E-state index is 1.09. The van der Waals surface area contributed by atoms with Crippen molar-refractivity contribution in [2.24, 2.45) is 0 Å². The SMILES string of the molecule is Cc1nn2c[c]([AlH2])ccc2c1I. The van der Waals surface area contributed by atoms with Crippen LogP contribution in [0.4, 0.5) is 0 Å². The average Bonchev–Trinajstić information content (AvgIpc) is 2.28. The highest BCUT2D eigenvalue weighted by Crippen LogP contribution is 2.15. The third-order valence-corrected chi connectivity index (χ3v) is 3.80. The van der Waals surface area contributed by atoms with Crippen molar-refractivity contribution in [1.82, 2.24) is 9.61 Å². The summed E-state index contributed by atoms with van der Waals surface area (Å²) in [5, 5.41) is 4.40. The lowest BCUT2D eigenvalue weighted by molar-refractivity contribution is 0.938. The molecule has 0 aliphatic rings. The summed E-state index contributed by atoms with van der Waals surface area (Å²) in [5.74, 6) is 0. The van der Waals surface area contributed by atoms with Crippen molar-refractivity contribution >= 4 is 48.8 Å². The van der Waals surface area contributed by atoms with Crippen LogP contribution in [0.3, 0.4) is 0 Å². The van der Waals surface area contributed by atoms with Crippen molar-refractivity contribution in [2.45, 2.75) is 6.92 Å². The topological polar surface area (TPSA) is 17.3 Å². The summed E-state index contributed by atoms with van der Waals surface area (Å²) in [6.07, 6.45) is 2.11. The molecule has 0 aliphatic heterocycles. The molecular weight excluding hydrogens is 278 g/mol. The Balaban J connectivity index is 2.87. The Morgan fingerprint density at radius 1 is 1.50 bits per heavy atom. The first-order chi connectivity index (χ1) is 5.68. The Kier molecular flexibility index (Phi) is 2.15. The monoisotopic (exact) mass is 286 g/mol. The molecule has 0 saturated heterocycles. The molecule has 0 bridgehead atoms. The molecule has 2 aromatic heterocycles. The zero-order valence-electron chi connectivity index (χ0n) is 7.00. The molecule has 0 fully saturated rings. The van der Waals surface area contributed by atoms with Crippen LogP contribution in [0, 0.1) is 10.5 Å². The van der Waals surface area contributed by atoms with E-state index in [0.717, 1.165) is 22.0 Å². The normalized spacial score (nSPS) is 10.8. The lowest BCUT2D eigenvalue weighted by atomic mass is 10.4. The van der Waals surface area contributed by atoms with Crippen LogP contribution in [-0.2, 0) is 0 Å². The predicted octanol–water partition coefficient (Wildman–Crippen LogP) is 0.506. The van der Waals surface area contributed by atoms with E-state index < -0.39 is 0 Å². The lowest BCUT2D eigenvalue weighted by Gasteiger charge is -1.94. The van der Waals surface area contributed by atoms with Crippen molar-refractivity contribution in [3.8, 4) is 0 Å². The van der Waals surface area contributed by atoms with Gasteiger partial charge in [-0.1, -0.05) is 6.07 Å². The summed E-state index contributed by atoms with van der Waals surface area (Å²) in [6.45, 7) is 2.04. The van der Waals surface area contributed by atoms with Gasteiger partial charge in [-0.25, -0.2) is 4.52 Å². The summed E-state index contributed by atoms with van der Waals surface area (Å²) in [4.78, 5) is 0. The van der Waals surface area contributed by atoms with E-state index in [1.54, 1.807) is 0 Å². The van der Waals surface area contributed by atoms with Gasteiger partial charge in [-0.2, -0.15) is 5.10 Å². The van der Waals surface area contributed by atoms with Gasteiger partial charge < -0.3 is 0 Å². The van der Waals surface area contributed by atoms with Crippen molar-refractivity contribution < 1.29 is 0 Å². The van der Waals surface area contributed by atoms with Crippen LogP contribution in [0.2, 0.25) is 0 Å². The van der Waals surface area contributed by atoms with E-state index in [4.69, 9.17) is 0 Å². The highest BCUT2D eigenvalue weighted by molar-refractivity contribution is 14.1. The minimum atomic E-state index is 1.09. The van der Waals surface area contributed by atoms with Crippen molar-refractivity contribution in [1.29, 1.82) is 0 Å². The molecule has 0 N–H and O–H groups in total. The van der Waals surface area contributed by atoms with E-state index in [1.165, 1.54) is 13.5 Å². The summed E-state index contributed by atoms with van der Waals surface area (Å²) in [7, 11) is 0. The molecule has 60 valence electrons. The maximum atomic E-state index is 4.40. The van der Waals surface area contributed by atoms with Gasteiger partial charge in [0.05, 0.1) is 14.8 Å². The van der Waals surface area contributed by atoms with Gasteiger partial charge in [0.2, 0.25) is 0 Å². The van der Waals surface area contributed by atoms with Gasteiger partial charge in [0, 0.05) is 6.20 Å². The van der Waals surface area contributed by atoms with Crippen molar-refractivity contribution in [3.05, 3.63) is 27.6 Å². The Morgan fingerprint density at radius 3 is 3.00 bits per heavy atom. The van der Waals surface area contributed by atoms with Gasteiger partial charge in [0.1, 0.15) is 0 Å². The number of hydrogen-bond donors (Lipinski definition) is 0. The second-order valence-electron chi connectivity index (χ2n) is 2.94. The predicted molar refractivity (Wildman–Crippen MR) is 60.8 cm³/mol. The Morgan fingerprint density at radius 2 is 2.25 bits per heavy atom. The molecule has 0 atom stereocenters. The summed E-state index contributed by atoms with van der Waals surface area (Å²) >= 11 is 3.42. The fraction of sp³-hybridized carbons (Fsp3) is 0.125. The maximum Gasteiger partial charge on any atom is 0.261 e. The number of aromatic nitrogens is 2. The molecular formula is C8H8AlIN2. The molecule has 0 aromatic carbocycles. The highest BCUT2D eigenvalue weighted by atomic mass is 127. The van der Waals surface area contributed by atoms with Crippen molar-refractivity contribution in [3.63, 3.8) is 0 Å². The van der Waals surface area contributed by atoms with E-state index in [2.05, 4.69) is 46.0 Å². The van der Waals surface area contributed by atoms with Crippen LogP contribution in [0.15, 0.2) is 18.3 Å². The molecule has 0 radical (unpaired) electrons. The van der Waals surface area contributed by atoms with Crippen molar-refractivity contribution in [2.75, 3.05) is 0 Å². The molecule has 0 spiro atoms.